The molecule has 14 nitrogen and oxygen atoms in total. The van der Waals surface area contributed by atoms with E-state index in [-0.39, 0.29) is 32.0 Å². The third-order valence-electron chi connectivity index (χ3n) is 11.6. The number of aliphatic hydroxyl groups is 1. The fraction of sp³-hybridized carbons (Fsp3) is 0.429. The van der Waals surface area contributed by atoms with Gasteiger partial charge in [0.2, 0.25) is 11.8 Å². The number of urea groups is 1. The number of hydrogen-bond acceptors (Lipinski definition) is 8. The molecule has 1 aliphatic heterocycles. The molecule has 0 radical (unpaired) electrons. The van der Waals surface area contributed by atoms with Gasteiger partial charge in [0, 0.05) is 44.7 Å². The Morgan fingerprint density at radius 3 is 2.11 bits per heavy atom. The van der Waals surface area contributed by atoms with E-state index in [2.05, 4.69) is 20.9 Å². The topological polar surface area (TPSA) is 171 Å². The molecule has 3 aromatic carbocycles. The third kappa shape index (κ3) is 11.4. The van der Waals surface area contributed by atoms with Crippen LogP contribution < -0.4 is 16.0 Å². The number of carbonyl (C=O) groups is 4. The number of alkyl carbamates (subject to hydrolysis) is 1. The summed E-state index contributed by atoms with van der Waals surface area (Å²) in [6.07, 6.45) is 0.736. The number of methoxy groups -OCH3 is 1. The lowest BCUT2D eigenvalue weighted by Crippen LogP contribution is -2.69. The number of benzene rings is 3. The smallest absolute Gasteiger partial charge is 0.407 e. The van der Waals surface area contributed by atoms with Crippen molar-refractivity contribution in [2.75, 3.05) is 20.2 Å². The van der Waals surface area contributed by atoms with Gasteiger partial charge in [0.15, 0.2) is 0 Å². The van der Waals surface area contributed by atoms with Gasteiger partial charge in [0.05, 0.1) is 36.5 Å². The highest BCUT2D eigenvalue weighted by molar-refractivity contribution is 5.91. The lowest BCUT2D eigenvalue weighted by Gasteiger charge is -2.43. The monoisotopic (exact) mass is 858 g/mol. The van der Waals surface area contributed by atoms with Crippen LogP contribution in [-0.4, -0.2) is 97.4 Å². The first-order chi connectivity index (χ1) is 29.9. The normalized spacial score (nSPS) is 15.7. The Bertz CT molecular complexity index is 2360. The number of para-hydroxylation sites is 2. The van der Waals surface area contributed by atoms with Gasteiger partial charge >= 0.3 is 12.1 Å². The first-order valence-electron chi connectivity index (χ1n) is 21.5. The summed E-state index contributed by atoms with van der Waals surface area (Å²) in [5, 5.41) is 21.0. The van der Waals surface area contributed by atoms with Gasteiger partial charge in [0.25, 0.3) is 0 Å². The van der Waals surface area contributed by atoms with Crippen LogP contribution in [0.5, 0.6) is 0 Å². The Balaban J connectivity index is 1.38. The number of rotatable bonds is 16. The van der Waals surface area contributed by atoms with Crippen molar-refractivity contribution in [1.82, 2.24) is 40.3 Å². The highest BCUT2D eigenvalue weighted by Crippen LogP contribution is 2.31. The molecular formula is C49H62N8O6. The molecule has 0 aliphatic carbocycles. The molecule has 6 rings (SSSR count). The van der Waals surface area contributed by atoms with Gasteiger partial charge in [-0.2, -0.15) is 0 Å². The third-order valence-corrected chi connectivity index (χ3v) is 11.6. The Morgan fingerprint density at radius 2 is 1.48 bits per heavy atom. The van der Waals surface area contributed by atoms with E-state index in [0.717, 1.165) is 39.2 Å². The zero-order valence-electron chi connectivity index (χ0n) is 37.7. The van der Waals surface area contributed by atoms with Crippen molar-refractivity contribution in [2.45, 2.75) is 97.6 Å². The van der Waals surface area contributed by atoms with Gasteiger partial charge in [0.1, 0.15) is 23.6 Å². The molecule has 0 bridgehead atoms. The molecule has 4 unspecified atom stereocenters. The van der Waals surface area contributed by atoms with E-state index in [1.54, 1.807) is 16.0 Å². The maximum atomic E-state index is 15.3. The number of aliphatic hydroxyl groups excluding tert-OH is 1. The maximum absolute atomic E-state index is 15.3. The lowest BCUT2D eigenvalue weighted by atomic mass is 9.83. The van der Waals surface area contributed by atoms with Crippen LogP contribution in [0.1, 0.15) is 71.3 Å². The van der Waals surface area contributed by atoms with Crippen LogP contribution in [0.15, 0.2) is 103 Å². The van der Waals surface area contributed by atoms with Crippen molar-refractivity contribution in [1.29, 1.82) is 0 Å². The number of nitrogens with one attached hydrogen (secondary N) is 3. The number of hydrogen-bond donors (Lipinski definition) is 4. The zero-order valence-corrected chi connectivity index (χ0v) is 37.7. The van der Waals surface area contributed by atoms with Crippen molar-refractivity contribution < 1.29 is 29.0 Å². The predicted octanol–water partition coefficient (Wildman–Crippen LogP) is 6.61. The first-order valence-corrected chi connectivity index (χ1v) is 21.5. The van der Waals surface area contributed by atoms with Gasteiger partial charge in [-0.1, -0.05) is 114 Å². The average Bonchev–Trinajstić information content (AvgIpc) is 3.75. The van der Waals surface area contributed by atoms with Crippen molar-refractivity contribution in [3.63, 3.8) is 0 Å². The number of aryl methyl sites for hydroxylation is 2. The number of pyridine rings is 1. The first kappa shape index (κ1) is 46.2. The van der Waals surface area contributed by atoms with Crippen molar-refractivity contribution >= 4 is 35.0 Å². The number of carbonyl (C=O) groups excluding carboxylic acids is 4. The summed E-state index contributed by atoms with van der Waals surface area (Å²) in [6, 6.07) is 28.5. The molecule has 4 atom stereocenters. The van der Waals surface area contributed by atoms with Gasteiger partial charge in [-0.15, -0.1) is 0 Å². The second-order valence-corrected chi connectivity index (χ2v) is 18.7. The summed E-state index contributed by atoms with van der Waals surface area (Å²) < 4.78 is 6.89. The van der Waals surface area contributed by atoms with E-state index in [1.165, 1.54) is 7.11 Å². The van der Waals surface area contributed by atoms with Crippen LogP contribution in [-0.2, 0) is 40.8 Å². The number of ether oxygens (including phenoxy) is 1. The Morgan fingerprint density at radius 1 is 0.810 bits per heavy atom. The molecule has 14 heteroatoms. The van der Waals surface area contributed by atoms with E-state index < -0.39 is 52.6 Å². The largest absolute Gasteiger partial charge is 0.453 e. The summed E-state index contributed by atoms with van der Waals surface area (Å²) in [6.45, 7) is 12.0. The SMILES string of the molecule is COC(=O)NC(C(=O)NC(Cc1ccc(-c2ccccn2)cc1)(CC(O)CCc1ccccc1)NC(=O)C(N1CCN(Cc2nc3ccccc3n2C)C1=O)C(C)(C)C)C(C)(C)C. The molecule has 1 saturated heterocycles. The summed E-state index contributed by atoms with van der Waals surface area (Å²) in [5.74, 6) is -0.376. The second kappa shape index (κ2) is 19.4. The van der Waals surface area contributed by atoms with E-state index in [1.807, 2.05) is 150 Å². The molecule has 1 fully saturated rings. The zero-order chi connectivity index (χ0) is 45.5. The summed E-state index contributed by atoms with van der Waals surface area (Å²) in [5.41, 5.74) is 2.00. The fourth-order valence-corrected chi connectivity index (χ4v) is 8.41. The van der Waals surface area contributed by atoms with Crippen LogP contribution in [0.25, 0.3) is 22.3 Å². The molecule has 4 N–H and O–H groups in total. The molecule has 63 heavy (non-hydrogen) atoms. The van der Waals surface area contributed by atoms with Gasteiger partial charge in [-0.25, -0.2) is 14.6 Å². The molecule has 2 aromatic heterocycles. The van der Waals surface area contributed by atoms with E-state index in [9.17, 15) is 19.5 Å². The fourth-order valence-electron chi connectivity index (χ4n) is 8.41. The minimum absolute atomic E-state index is 0.0497. The molecule has 0 saturated carbocycles. The highest BCUT2D eigenvalue weighted by atomic mass is 16.5. The molecule has 3 heterocycles. The molecule has 1 aliphatic rings. The van der Waals surface area contributed by atoms with E-state index in [4.69, 9.17) is 9.72 Å². The molecule has 5 aromatic rings. The molecule has 0 spiro atoms. The van der Waals surface area contributed by atoms with Crippen LogP contribution in [0, 0.1) is 10.8 Å². The quantitative estimate of drug-likeness (QED) is 0.0804. The number of fused-ring (bicyclic) bond motifs is 1. The molecular weight excluding hydrogens is 797 g/mol. The van der Waals surface area contributed by atoms with Crippen molar-refractivity contribution in [3.05, 3.63) is 120 Å². The van der Waals surface area contributed by atoms with Crippen LogP contribution >= 0.6 is 0 Å². The Hall–Kier alpha value is -6.28. The van der Waals surface area contributed by atoms with Crippen molar-refractivity contribution in [2.24, 2.45) is 17.9 Å². The highest BCUT2D eigenvalue weighted by Gasteiger charge is 2.48. The van der Waals surface area contributed by atoms with Gasteiger partial charge in [-0.3, -0.25) is 14.6 Å². The Labute approximate surface area is 370 Å². The summed E-state index contributed by atoms with van der Waals surface area (Å²) in [7, 11) is 3.15. The van der Waals surface area contributed by atoms with Crippen LogP contribution in [0.3, 0.4) is 0 Å². The minimum atomic E-state index is -1.63. The summed E-state index contributed by atoms with van der Waals surface area (Å²) in [4.78, 5) is 69.6. The number of nitrogens with zero attached hydrogens (tertiary/aromatic N) is 5. The average molecular weight is 859 g/mol. The van der Waals surface area contributed by atoms with Gasteiger partial charge in [-0.05, 0) is 59.1 Å². The van der Waals surface area contributed by atoms with Gasteiger partial charge < -0.3 is 40.2 Å². The van der Waals surface area contributed by atoms with Crippen LogP contribution in [0.2, 0.25) is 0 Å². The summed E-state index contributed by atoms with van der Waals surface area (Å²) >= 11 is 0. The van der Waals surface area contributed by atoms with E-state index >= 15 is 4.79 Å². The second-order valence-electron chi connectivity index (χ2n) is 18.7. The van der Waals surface area contributed by atoms with Crippen molar-refractivity contribution in [3.8, 4) is 11.3 Å². The maximum Gasteiger partial charge on any atom is 0.407 e. The standard InChI is InChI=1S/C49H62N8O6/c1-47(2,3)41(52-45(61)63-8)43(59)53-49(31-36(58)26-23-33-16-10-9-11-17-33,30-34-21-24-35(25-22-34)37-18-14-15-27-50-37)54-44(60)42(48(4,5)6)57-29-28-56(46(57)62)32-40-51-38-19-12-13-20-39(38)55(40)7/h9-22,24-25,27,36,41-42,58H,23,26,28-32H2,1-8H3,(H,52,61)(H,53,59)(H,54,60). The minimum Gasteiger partial charge on any atom is -0.453 e. The van der Waals surface area contributed by atoms with Crippen LogP contribution in [0.4, 0.5) is 9.59 Å². The number of aromatic nitrogens is 3. The number of amides is 5. The lowest BCUT2D eigenvalue weighted by molar-refractivity contribution is -0.134. The molecule has 5 amide bonds. The number of imidazole rings is 1. The molecule has 334 valence electrons. The predicted molar refractivity (Wildman–Crippen MR) is 243 cm³/mol. The Kier molecular flexibility index (Phi) is 14.2. The van der Waals surface area contributed by atoms with E-state index in [0.29, 0.717) is 19.4 Å².